The highest BCUT2D eigenvalue weighted by Gasteiger charge is 2.22. The Morgan fingerprint density at radius 1 is 1.04 bits per heavy atom. The van der Waals surface area contributed by atoms with Gasteiger partial charge in [0.1, 0.15) is 11.9 Å². The van der Waals surface area contributed by atoms with Crippen molar-refractivity contribution in [1.29, 1.82) is 0 Å². The van der Waals surface area contributed by atoms with Crippen molar-refractivity contribution in [3.8, 4) is 0 Å². The molecular weight excluding hydrogens is 307 g/mol. The van der Waals surface area contributed by atoms with Gasteiger partial charge in [0.2, 0.25) is 11.8 Å². The van der Waals surface area contributed by atoms with Crippen LogP contribution in [0.25, 0.3) is 0 Å². The van der Waals surface area contributed by atoms with Gasteiger partial charge in [0.05, 0.1) is 0 Å². The molecule has 0 unspecified atom stereocenters. The summed E-state index contributed by atoms with van der Waals surface area (Å²) >= 11 is 0. The Morgan fingerprint density at radius 2 is 1.67 bits per heavy atom. The first-order valence-electron chi connectivity index (χ1n) is 7.84. The number of primary amides is 1. The van der Waals surface area contributed by atoms with Gasteiger partial charge in [0.25, 0.3) is 0 Å². The molecule has 24 heavy (non-hydrogen) atoms. The first kappa shape index (κ1) is 17.7. The molecule has 0 fully saturated rings. The maximum absolute atomic E-state index is 13.7. The Kier molecular flexibility index (Phi) is 6.07. The standard InChI is InChI=1S/C19H21FN2O2/c1-13(11-15-9-5-6-10-16(15)20)19(24)22-17(18(21)23)12-14-7-3-2-4-8-14/h2-10,13,17H,11-12H2,1H3,(H2,21,23)(H,22,24)/t13-,17-/m0/s1. The number of carbonyl (C=O) groups excluding carboxylic acids is 2. The van der Waals surface area contributed by atoms with Crippen molar-refractivity contribution >= 4 is 11.8 Å². The molecule has 0 radical (unpaired) electrons. The zero-order chi connectivity index (χ0) is 17.5. The van der Waals surface area contributed by atoms with Crippen molar-refractivity contribution in [3.05, 3.63) is 71.5 Å². The Balaban J connectivity index is 1.99. The van der Waals surface area contributed by atoms with Crippen LogP contribution in [-0.2, 0) is 22.4 Å². The van der Waals surface area contributed by atoms with Gasteiger partial charge in [-0.2, -0.15) is 0 Å². The molecule has 0 bridgehead atoms. The zero-order valence-corrected chi connectivity index (χ0v) is 13.5. The van der Waals surface area contributed by atoms with Crippen LogP contribution in [0.4, 0.5) is 4.39 Å². The van der Waals surface area contributed by atoms with Gasteiger partial charge >= 0.3 is 0 Å². The van der Waals surface area contributed by atoms with Gasteiger partial charge < -0.3 is 11.1 Å². The topological polar surface area (TPSA) is 72.2 Å². The molecule has 0 aliphatic rings. The third kappa shape index (κ3) is 4.91. The number of halogens is 1. The molecule has 126 valence electrons. The minimum Gasteiger partial charge on any atom is -0.368 e. The molecule has 2 amide bonds. The van der Waals surface area contributed by atoms with E-state index in [9.17, 15) is 14.0 Å². The van der Waals surface area contributed by atoms with E-state index in [1.807, 2.05) is 30.3 Å². The molecule has 0 aliphatic heterocycles. The summed E-state index contributed by atoms with van der Waals surface area (Å²) in [7, 11) is 0. The smallest absolute Gasteiger partial charge is 0.240 e. The molecule has 5 heteroatoms. The Morgan fingerprint density at radius 3 is 2.29 bits per heavy atom. The van der Waals surface area contributed by atoms with E-state index in [1.54, 1.807) is 25.1 Å². The van der Waals surface area contributed by atoms with Crippen molar-refractivity contribution in [2.45, 2.75) is 25.8 Å². The molecule has 0 aromatic heterocycles. The number of rotatable bonds is 7. The Labute approximate surface area is 140 Å². The number of nitrogens with two attached hydrogens (primary N) is 1. The van der Waals surface area contributed by atoms with Gasteiger partial charge in [-0.25, -0.2) is 4.39 Å². The summed E-state index contributed by atoms with van der Waals surface area (Å²) < 4.78 is 13.7. The van der Waals surface area contributed by atoms with Crippen LogP contribution in [0.15, 0.2) is 54.6 Å². The molecule has 0 saturated heterocycles. The Hall–Kier alpha value is -2.69. The predicted octanol–water partition coefficient (Wildman–Crippen LogP) is 2.22. The number of nitrogens with one attached hydrogen (secondary N) is 1. The molecule has 0 spiro atoms. The Bertz CT molecular complexity index is 704. The lowest BCUT2D eigenvalue weighted by molar-refractivity contribution is -0.129. The second kappa shape index (κ2) is 8.24. The quantitative estimate of drug-likeness (QED) is 0.818. The SMILES string of the molecule is C[C@@H](Cc1ccccc1F)C(=O)N[C@@H](Cc1ccccc1)C(N)=O. The lowest BCUT2D eigenvalue weighted by atomic mass is 9.98. The first-order chi connectivity index (χ1) is 11.5. The highest BCUT2D eigenvalue weighted by Crippen LogP contribution is 2.13. The van der Waals surface area contributed by atoms with Gasteiger partial charge in [-0.05, 0) is 23.6 Å². The van der Waals surface area contributed by atoms with Crippen LogP contribution in [0.2, 0.25) is 0 Å². The summed E-state index contributed by atoms with van der Waals surface area (Å²) in [5.74, 6) is -1.73. The molecule has 2 rings (SSSR count). The summed E-state index contributed by atoms with van der Waals surface area (Å²) in [4.78, 5) is 23.9. The minimum atomic E-state index is -0.789. The monoisotopic (exact) mass is 328 g/mol. The summed E-state index contributed by atoms with van der Waals surface area (Å²) in [5, 5.41) is 2.67. The number of hydrogen-bond acceptors (Lipinski definition) is 2. The summed E-state index contributed by atoms with van der Waals surface area (Å²) in [6, 6.07) is 14.9. The normalized spacial score (nSPS) is 13.1. The first-order valence-corrected chi connectivity index (χ1v) is 7.84. The molecule has 3 N–H and O–H groups in total. The third-order valence-corrected chi connectivity index (χ3v) is 3.87. The van der Waals surface area contributed by atoms with E-state index < -0.39 is 17.9 Å². The second-order valence-corrected chi connectivity index (χ2v) is 5.85. The average Bonchev–Trinajstić information content (AvgIpc) is 2.57. The fourth-order valence-electron chi connectivity index (χ4n) is 2.47. The van der Waals surface area contributed by atoms with Crippen molar-refractivity contribution in [1.82, 2.24) is 5.32 Å². The van der Waals surface area contributed by atoms with E-state index in [1.165, 1.54) is 6.07 Å². The van der Waals surface area contributed by atoms with Crippen LogP contribution in [0.3, 0.4) is 0 Å². The average molecular weight is 328 g/mol. The van der Waals surface area contributed by atoms with E-state index >= 15 is 0 Å². The van der Waals surface area contributed by atoms with Crippen molar-refractivity contribution in [3.63, 3.8) is 0 Å². The van der Waals surface area contributed by atoms with Gasteiger partial charge in [-0.1, -0.05) is 55.5 Å². The van der Waals surface area contributed by atoms with Crippen LogP contribution in [0, 0.1) is 11.7 Å². The predicted molar refractivity (Wildman–Crippen MR) is 90.5 cm³/mol. The minimum absolute atomic E-state index is 0.259. The van der Waals surface area contributed by atoms with Gasteiger partial charge in [-0.15, -0.1) is 0 Å². The molecule has 2 aromatic carbocycles. The van der Waals surface area contributed by atoms with E-state index in [0.717, 1.165) is 5.56 Å². The molecular formula is C19H21FN2O2. The van der Waals surface area contributed by atoms with Gasteiger partial charge in [-0.3, -0.25) is 9.59 Å². The highest BCUT2D eigenvalue weighted by atomic mass is 19.1. The van der Waals surface area contributed by atoms with Crippen LogP contribution in [0.5, 0.6) is 0 Å². The molecule has 0 aliphatic carbocycles. The van der Waals surface area contributed by atoms with Gasteiger partial charge in [0, 0.05) is 12.3 Å². The van der Waals surface area contributed by atoms with E-state index in [2.05, 4.69) is 5.32 Å². The molecule has 2 aromatic rings. The van der Waals surface area contributed by atoms with E-state index in [4.69, 9.17) is 5.73 Å². The van der Waals surface area contributed by atoms with Crippen LogP contribution >= 0.6 is 0 Å². The molecule has 4 nitrogen and oxygen atoms in total. The van der Waals surface area contributed by atoms with Crippen molar-refractivity contribution in [2.24, 2.45) is 11.7 Å². The number of amides is 2. The lowest BCUT2D eigenvalue weighted by Gasteiger charge is -2.19. The fraction of sp³-hybridized carbons (Fsp3) is 0.263. The molecule has 0 heterocycles. The zero-order valence-electron chi connectivity index (χ0n) is 13.5. The largest absolute Gasteiger partial charge is 0.368 e. The number of hydrogen-bond donors (Lipinski definition) is 2. The van der Waals surface area contributed by atoms with Crippen molar-refractivity contribution < 1.29 is 14.0 Å². The summed E-state index contributed by atoms with van der Waals surface area (Å²) in [6.45, 7) is 1.70. The lowest BCUT2D eigenvalue weighted by Crippen LogP contribution is -2.47. The van der Waals surface area contributed by atoms with Crippen molar-refractivity contribution in [2.75, 3.05) is 0 Å². The summed E-state index contributed by atoms with van der Waals surface area (Å²) in [5.41, 5.74) is 6.77. The van der Waals surface area contributed by atoms with Crippen LogP contribution in [-0.4, -0.2) is 17.9 Å². The maximum Gasteiger partial charge on any atom is 0.240 e. The molecule has 0 saturated carbocycles. The van der Waals surface area contributed by atoms with Gasteiger partial charge in [0.15, 0.2) is 0 Å². The highest BCUT2D eigenvalue weighted by molar-refractivity contribution is 5.87. The number of carbonyl (C=O) groups is 2. The number of benzene rings is 2. The maximum atomic E-state index is 13.7. The van der Waals surface area contributed by atoms with E-state index in [0.29, 0.717) is 12.0 Å². The second-order valence-electron chi connectivity index (χ2n) is 5.85. The molecule has 2 atom stereocenters. The van der Waals surface area contributed by atoms with E-state index in [-0.39, 0.29) is 18.1 Å². The summed E-state index contributed by atoms with van der Waals surface area (Å²) in [6.07, 6.45) is 0.587. The van der Waals surface area contributed by atoms with Crippen LogP contribution in [0.1, 0.15) is 18.1 Å². The van der Waals surface area contributed by atoms with Crippen LogP contribution < -0.4 is 11.1 Å². The third-order valence-electron chi connectivity index (χ3n) is 3.87. The fourth-order valence-corrected chi connectivity index (χ4v) is 2.47.